The van der Waals surface area contributed by atoms with Crippen LogP contribution in [0.5, 0.6) is 0 Å². The number of rotatable bonds is 7. The van der Waals surface area contributed by atoms with Crippen LogP contribution in [0.4, 0.5) is 0 Å². The molecule has 0 bridgehead atoms. The van der Waals surface area contributed by atoms with Crippen molar-refractivity contribution < 1.29 is 14.6 Å². The third kappa shape index (κ3) is 4.75. The summed E-state index contributed by atoms with van der Waals surface area (Å²) in [5.41, 5.74) is 0. The number of amides is 1. The van der Waals surface area contributed by atoms with E-state index < -0.39 is 0 Å². The van der Waals surface area contributed by atoms with Gasteiger partial charge >= 0.3 is 0 Å². The van der Waals surface area contributed by atoms with Gasteiger partial charge in [-0.3, -0.25) is 9.69 Å². The van der Waals surface area contributed by atoms with Crippen LogP contribution < -0.4 is 5.32 Å². The van der Waals surface area contributed by atoms with Crippen LogP contribution in [0.15, 0.2) is 0 Å². The van der Waals surface area contributed by atoms with Crippen LogP contribution in [0, 0.1) is 0 Å². The van der Waals surface area contributed by atoms with E-state index in [0.717, 1.165) is 39.0 Å². The summed E-state index contributed by atoms with van der Waals surface area (Å²) in [6, 6.07) is 0.828. The quantitative estimate of drug-likeness (QED) is 0.708. The van der Waals surface area contributed by atoms with Crippen LogP contribution in [0.1, 0.15) is 38.5 Å². The normalized spacial score (nSPS) is 21.4. The van der Waals surface area contributed by atoms with Crippen molar-refractivity contribution in [2.45, 2.75) is 50.6 Å². The Morgan fingerprint density at radius 1 is 1.26 bits per heavy atom. The maximum Gasteiger partial charge on any atom is 0.234 e. The number of ether oxygens (including phenoxy) is 1. The molecular formula is C14H26N2O3. The van der Waals surface area contributed by atoms with Crippen molar-refractivity contribution in [3.63, 3.8) is 0 Å². The molecule has 5 heteroatoms. The standard InChI is InChI=1S/C14H26N2O3/c17-8-2-7-16(13-3-1-4-13)11-14(18)15-12-5-9-19-10-6-12/h12-13,17H,1-11H2,(H,15,18). The predicted octanol–water partition coefficient (Wildman–Crippen LogP) is 0.519. The maximum absolute atomic E-state index is 12.1. The summed E-state index contributed by atoms with van der Waals surface area (Å²) in [7, 11) is 0. The number of carbonyl (C=O) groups is 1. The summed E-state index contributed by atoms with van der Waals surface area (Å²) in [4.78, 5) is 14.3. The van der Waals surface area contributed by atoms with Gasteiger partial charge in [-0.2, -0.15) is 0 Å². The van der Waals surface area contributed by atoms with E-state index >= 15 is 0 Å². The first-order chi connectivity index (χ1) is 9.29. The van der Waals surface area contributed by atoms with Gasteiger partial charge < -0.3 is 15.2 Å². The Morgan fingerprint density at radius 2 is 2.00 bits per heavy atom. The third-order valence-electron chi connectivity index (χ3n) is 4.13. The van der Waals surface area contributed by atoms with Crippen LogP contribution in [0.2, 0.25) is 0 Å². The Kier molecular flexibility index (Phi) is 6.07. The number of hydrogen-bond donors (Lipinski definition) is 2. The summed E-state index contributed by atoms with van der Waals surface area (Å²) in [6.45, 7) is 3.00. The second-order valence-electron chi connectivity index (χ2n) is 5.59. The fourth-order valence-electron chi connectivity index (χ4n) is 2.72. The summed E-state index contributed by atoms with van der Waals surface area (Å²) in [5, 5.41) is 12.0. The lowest BCUT2D eigenvalue weighted by Crippen LogP contribution is -2.49. The number of hydrogen-bond acceptors (Lipinski definition) is 4. The van der Waals surface area contributed by atoms with E-state index in [4.69, 9.17) is 9.84 Å². The summed E-state index contributed by atoms with van der Waals surface area (Å²) >= 11 is 0. The van der Waals surface area contributed by atoms with Gasteiger partial charge in [0.05, 0.1) is 6.54 Å². The molecule has 0 aromatic heterocycles. The van der Waals surface area contributed by atoms with Crippen LogP contribution in [0.3, 0.4) is 0 Å². The molecule has 0 aromatic carbocycles. The van der Waals surface area contributed by atoms with Crippen LogP contribution in [0.25, 0.3) is 0 Å². The van der Waals surface area contributed by atoms with Crippen molar-refractivity contribution >= 4 is 5.91 Å². The van der Waals surface area contributed by atoms with E-state index in [9.17, 15) is 4.79 Å². The van der Waals surface area contributed by atoms with E-state index in [-0.39, 0.29) is 18.6 Å². The Hall–Kier alpha value is -0.650. The zero-order chi connectivity index (χ0) is 13.5. The van der Waals surface area contributed by atoms with Gasteiger partial charge in [0.2, 0.25) is 5.91 Å². The molecule has 2 fully saturated rings. The third-order valence-corrected chi connectivity index (χ3v) is 4.13. The second kappa shape index (κ2) is 7.82. The Balaban J connectivity index is 1.73. The van der Waals surface area contributed by atoms with Crippen molar-refractivity contribution in [1.82, 2.24) is 10.2 Å². The molecule has 1 saturated carbocycles. The largest absolute Gasteiger partial charge is 0.396 e. The van der Waals surface area contributed by atoms with Gasteiger partial charge in [0.15, 0.2) is 0 Å². The molecule has 2 N–H and O–H groups in total. The first kappa shape index (κ1) is 14.8. The van der Waals surface area contributed by atoms with Crippen molar-refractivity contribution in [2.75, 3.05) is 32.9 Å². The zero-order valence-electron chi connectivity index (χ0n) is 11.6. The first-order valence-electron chi connectivity index (χ1n) is 7.51. The van der Waals surface area contributed by atoms with Crippen molar-refractivity contribution in [3.8, 4) is 0 Å². The number of aliphatic hydroxyl groups excluding tert-OH is 1. The molecule has 1 heterocycles. The second-order valence-corrected chi connectivity index (χ2v) is 5.59. The highest BCUT2D eigenvalue weighted by molar-refractivity contribution is 5.78. The van der Waals surface area contributed by atoms with E-state index in [1.54, 1.807) is 0 Å². The Labute approximate surface area is 115 Å². The molecule has 1 aliphatic carbocycles. The van der Waals surface area contributed by atoms with Crippen LogP contribution in [-0.2, 0) is 9.53 Å². The molecule has 0 aromatic rings. The van der Waals surface area contributed by atoms with E-state index in [1.807, 2.05) is 0 Å². The van der Waals surface area contributed by atoms with Crippen LogP contribution >= 0.6 is 0 Å². The molecule has 0 atom stereocenters. The average Bonchev–Trinajstić information content (AvgIpc) is 2.35. The number of carbonyl (C=O) groups excluding carboxylic acids is 1. The minimum Gasteiger partial charge on any atom is -0.396 e. The summed E-state index contributed by atoms with van der Waals surface area (Å²) in [5.74, 6) is 0.122. The highest BCUT2D eigenvalue weighted by Gasteiger charge is 2.26. The molecule has 19 heavy (non-hydrogen) atoms. The van der Waals surface area contributed by atoms with E-state index in [2.05, 4.69) is 10.2 Å². The van der Waals surface area contributed by atoms with E-state index in [0.29, 0.717) is 12.6 Å². The number of aliphatic hydroxyl groups is 1. The molecule has 5 nitrogen and oxygen atoms in total. The molecule has 1 amide bonds. The zero-order valence-corrected chi connectivity index (χ0v) is 11.6. The van der Waals surface area contributed by atoms with Gasteiger partial charge in [-0.05, 0) is 32.1 Å². The molecule has 2 rings (SSSR count). The lowest BCUT2D eigenvalue weighted by atomic mass is 9.91. The van der Waals surface area contributed by atoms with Crippen molar-refractivity contribution in [3.05, 3.63) is 0 Å². The Morgan fingerprint density at radius 3 is 2.58 bits per heavy atom. The van der Waals surface area contributed by atoms with Gasteiger partial charge in [-0.1, -0.05) is 6.42 Å². The average molecular weight is 270 g/mol. The fourth-order valence-corrected chi connectivity index (χ4v) is 2.72. The Bertz CT molecular complexity index is 276. The van der Waals surface area contributed by atoms with Gasteiger partial charge in [-0.25, -0.2) is 0 Å². The topological polar surface area (TPSA) is 61.8 Å². The van der Waals surface area contributed by atoms with Crippen molar-refractivity contribution in [1.29, 1.82) is 0 Å². The molecule has 1 aliphatic heterocycles. The first-order valence-corrected chi connectivity index (χ1v) is 7.51. The van der Waals surface area contributed by atoms with Gasteiger partial charge in [0.25, 0.3) is 0 Å². The minimum absolute atomic E-state index is 0.122. The molecule has 0 radical (unpaired) electrons. The van der Waals surface area contributed by atoms with Gasteiger partial charge in [-0.15, -0.1) is 0 Å². The molecular weight excluding hydrogens is 244 g/mol. The summed E-state index contributed by atoms with van der Waals surface area (Å²) < 4.78 is 5.29. The van der Waals surface area contributed by atoms with Crippen molar-refractivity contribution in [2.24, 2.45) is 0 Å². The van der Waals surface area contributed by atoms with E-state index in [1.165, 1.54) is 19.3 Å². The summed E-state index contributed by atoms with van der Waals surface area (Å²) in [6.07, 6.45) is 6.24. The number of nitrogens with zero attached hydrogens (tertiary/aromatic N) is 1. The molecule has 1 saturated heterocycles. The molecule has 2 aliphatic rings. The molecule has 110 valence electrons. The fraction of sp³-hybridized carbons (Fsp3) is 0.929. The highest BCUT2D eigenvalue weighted by Crippen LogP contribution is 2.24. The maximum atomic E-state index is 12.1. The minimum atomic E-state index is 0.122. The SMILES string of the molecule is O=C(CN(CCCO)C1CCC1)NC1CCOCC1. The molecule has 0 spiro atoms. The number of nitrogens with one attached hydrogen (secondary N) is 1. The predicted molar refractivity (Wildman–Crippen MR) is 72.9 cm³/mol. The highest BCUT2D eigenvalue weighted by atomic mass is 16.5. The molecule has 0 unspecified atom stereocenters. The monoisotopic (exact) mass is 270 g/mol. The van der Waals surface area contributed by atoms with Gasteiger partial charge in [0.1, 0.15) is 0 Å². The van der Waals surface area contributed by atoms with Crippen LogP contribution in [-0.4, -0.2) is 60.9 Å². The van der Waals surface area contributed by atoms with Gasteiger partial charge in [0, 0.05) is 38.4 Å². The smallest absolute Gasteiger partial charge is 0.234 e. The lowest BCUT2D eigenvalue weighted by molar-refractivity contribution is -0.124. The lowest BCUT2D eigenvalue weighted by Gasteiger charge is -2.37.